The highest BCUT2D eigenvalue weighted by Crippen LogP contribution is 2.36. The lowest BCUT2D eigenvalue weighted by Crippen LogP contribution is -2.05. The van der Waals surface area contributed by atoms with Gasteiger partial charge >= 0.3 is 6.18 Å². The lowest BCUT2D eigenvalue weighted by Gasteiger charge is -2.12. The van der Waals surface area contributed by atoms with Crippen molar-refractivity contribution in [3.05, 3.63) is 47.4 Å². The van der Waals surface area contributed by atoms with Crippen LogP contribution in [0.25, 0.3) is 21.7 Å². The number of nitrogens with zero attached hydrogens (tertiary/aromatic N) is 2. The molecule has 1 aromatic heterocycles. The summed E-state index contributed by atoms with van der Waals surface area (Å²) in [5, 5.41) is 1.46. The molecule has 0 fully saturated rings. The van der Waals surface area contributed by atoms with Crippen molar-refractivity contribution in [2.24, 2.45) is 0 Å². The van der Waals surface area contributed by atoms with Gasteiger partial charge in [0.25, 0.3) is 0 Å². The Labute approximate surface area is 113 Å². The second-order valence-electron chi connectivity index (χ2n) is 4.72. The van der Waals surface area contributed by atoms with Crippen LogP contribution in [0.4, 0.5) is 13.2 Å². The molecule has 2 nitrogen and oxygen atoms in total. The van der Waals surface area contributed by atoms with E-state index in [9.17, 15) is 13.2 Å². The summed E-state index contributed by atoms with van der Waals surface area (Å²) in [6.07, 6.45) is -4.37. The van der Waals surface area contributed by atoms with Crippen molar-refractivity contribution in [1.82, 2.24) is 9.97 Å². The molecule has 0 spiro atoms. The van der Waals surface area contributed by atoms with E-state index in [-0.39, 0.29) is 5.39 Å². The molecule has 3 aromatic rings. The normalized spacial score (nSPS) is 12.2. The molecular formula is C15H11F3N2. The highest BCUT2D eigenvalue weighted by molar-refractivity contribution is 6.07. The Morgan fingerprint density at radius 2 is 1.55 bits per heavy atom. The third-order valence-corrected chi connectivity index (χ3v) is 3.33. The minimum absolute atomic E-state index is 0.171. The fourth-order valence-corrected chi connectivity index (χ4v) is 2.49. The molecule has 0 bridgehead atoms. The molecule has 20 heavy (non-hydrogen) atoms. The minimum atomic E-state index is -4.37. The van der Waals surface area contributed by atoms with Gasteiger partial charge in [0.1, 0.15) is 5.82 Å². The molecule has 0 atom stereocenters. The predicted octanol–water partition coefficient (Wildman–Crippen LogP) is 4.42. The molecule has 0 radical (unpaired) electrons. The third-order valence-electron chi connectivity index (χ3n) is 3.33. The lowest BCUT2D eigenvalue weighted by atomic mass is 10.0. The summed E-state index contributed by atoms with van der Waals surface area (Å²) < 4.78 is 39.1. The van der Waals surface area contributed by atoms with Crippen molar-refractivity contribution in [3.8, 4) is 0 Å². The fourth-order valence-electron chi connectivity index (χ4n) is 2.49. The zero-order chi connectivity index (χ0) is 14.5. The maximum absolute atomic E-state index is 13.0. The van der Waals surface area contributed by atoms with Crippen molar-refractivity contribution >= 4 is 21.7 Å². The Hall–Kier alpha value is -2.17. The molecule has 0 aliphatic heterocycles. The van der Waals surface area contributed by atoms with Crippen LogP contribution in [0.1, 0.15) is 17.1 Å². The van der Waals surface area contributed by atoms with E-state index in [1.165, 1.54) is 12.1 Å². The van der Waals surface area contributed by atoms with Crippen molar-refractivity contribution in [2.75, 3.05) is 0 Å². The van der Waals surface area contributed by atoms with Crippen LogP contribution >= 0.6 is 0 Å². The van der Waals surface area contributed by atoms with Crippen molar-refractivity contribution in [2.45, 2.75) is 20.0 Å². The average Bonchev–Trinajstić information content (AvgIpc) is 2.36. The second kappa shape index (κ2) is 4.16. The van der Waals surface area contributed by atoms with Crippen LogP contribution in [0.5, 0.6) is 0 Å². The van der Waals surface area contributed by atoms with E-state index < -0.39 is 11.7 Å². The van der Waals surface area contributed by atoms with Gasteiger partial charge in [-0.05, 0) is 25.3 Å². The van der Waals surface area contributed by atoms with Gasteiger partial charge in [-0.1, -0.05) is 24.3 Å². The van der Waals surface area contributed by atoms with Crippen molar-refractivity contribution in [1.29, 1.82) is 0 Å². The van der Waals surface area contributed by atoms with Gasteiger partial charge in [0.15, 0.2) is 0 Å². The molecule has 5 heteroatoms. The first-order chi connectivity index (χ1) is 9.38. The number of alkyl halides is 3. The molecule has 3 rings (SSSR count). The number of benzene rings is 2. The van der Waals surface area contributed by atoms with Gasteiger partial charge < -0.3 is 0 Å². The predicted molar refractivity (Wildman–Crippen MR) is 71.5 cm³/mol. The van der Waals surface area contributed by atoms with Crippen LogP contribution in [-0.4, -0.2) is 9.97 Å². The molecule has 102 valence electrons. The first kappa shape index (κ1) is 12.8. The number of hydrogen-bond acceptors (Lipinski definition) is 2. The summed E-state index contributed by atoms with van der Waals surface area (Å²) >= 11 is 0. The topological polar surface area (TPSA) is 25.8 Å². The first-order valence-electron chi connectivity index (χ1n) is 6.12. The van der Waals surface area contributed by atoms with E-state index in [0.29, 0.717) is 16.7 Å². The van der Waals surface area contributed by atoms with Gasteiger partial charge in [-0.2, -0.15) is 13.2 Å². The van der Waals surface area contributed by atoms with E-state index >= 15 is 0 Å². The molecular weight excluding hydrogens is 265 g/mol. The molecule has 0 saturated carbocycles. The van der Waals surface area contributed by atoms with Crippen LogP contribution in [0, 0.1) is 13.8 Å². The van der Waals surface area contributed by atoms with Crippen molar-refractivity contribution in [3.63, 3.8) is 0 Å². The van der Waals surface area contributed by atoms with E-state index in [4.69, 9.17) is 0 Å². The third kappa shape index (κ3) is 1.90. The summed E-state index contributed by atoms with van der Waals surface area (Å²) in [4.78, 5) is 8.56. The number of rotatable bonds is 0. The molecule has 0 saturated heterocycles. The van der Waals surface area contributed by atoms with Crippen LogP contribution in [-0.2, 0) is 6.18 Å². The van der Waals surface area contributed by atoms with Crippen molar-refractivity contribution < 1.29 is 13.2 Å². The highest BCUT2D eigenvalue weighted by atomic mass is 19.4. The fraction of sp³-hybridized carbons (Fsp3) is 0.200. The number of aryl methyl sites for hydroxylation is 2. The Morgan fingerprint density at radius 1 is 0.850 bits per heavy atom. The second-order valence-corrected chi connectivity index (χ2v) is 4.72. The summed E-state index contributed by atoms with van der Waals surface area (Å²) in [7, 11) is 0. The monoisotopic (exact) mass is 276 g/mol. The minimum Gasteiger partial charge on any atom is -0.238 e. The smallest absolute Gasteiger partial charge is 0.238 e. The van der Waals surface area contributed by atoms with Gasteiger partial charge in [0, 0.05) is 16.5 Å². The van der Waals surface area contributed by atoms with Crippen LogP contribution in [0.15, 0.2) is 30.3 Å². The largest absolute Gasteiger partial charge is 0.417 e. The Kier molecular flexibility index (Phi) is 2.67. The Bertz CT molecular complexity index is 823. The van der Waals surface area contributed by atoms with Crippen LogP contribution in [0.2, 0.25) is 0 Å². The molecule has 1 heterocycles. The summed E-state index contributed by atoms with van der Waals surface area (Å²) in [6, 6.07) is 7.32. The van der Waals surface area contributed by atoms with Gasteiger partial charge in [-0.3, -0.25) is 0 Å². The number of fused-ring (bicyclic) bond motifs is 3. The van der Waals surface area contributed by atoms with Gasteiger partial charge in [0.05, 0.1) is 11.1 Å². The summed E-state index contributed by atoms with van der Waals surface area (Å²) in [6.45, 7) is 3.56. The zero-order valence-corrected chi connectivity index (χ0v) is 10.9. The zero-order valence-electron chi connectivity index (χ0n) is 10.9. The summed E-state index contributed by atoms with van der Waals surface area (Å²) in [5.74, 6) is 0.555. The standard InChI is InChI=1S/C15H11F3N2/c1-8-10-6-7-11-12(14(10)20-9(2)19-8)4-3-5-13(11)15(16,17)18/h3-7H,1-2H3. The summed E-state index contributed by atoms with van der Waals surface area (Å²) in [5.41, 5.74) is 0.705. The van der Waals surface area contributed by atoms with Gasteiger partial charge in [-0.25, -0.2) is 9.97 Å². The maximum Gasteiger partial charge on any atom is 0.417 e. The SMILES string of the molecule is Cc1nc(C)c2ccc3c(C(F)(F)F)cccc3c2n1. The first-order valence-corrected chi connectivity index (χ1v) is 6.12. The number of aromatic nitrogens is 2. The molecule has 0 aliphatic rings. The molecule has 0 N–H and O–H groups in total. The van der Waals surface area contributed by atoms with Crippen LogP contribution in [0.3, 0.4) is 0 Å². The van der Waals surface area contributed by atoms with E-state index in [1.54, 1.807) is 19.1 Å². The maximum atomic E-state index is 13.0. The quantitative estimate of drug-likeness (QED) is 0.568. The van der Waals surface area contributed by atoms with Gasteiger partial charge in [-0.15, -0.1) is 0 Å². The van der Waals surface area contributed by atoms with Gasteiger partial charge in [0.2, 0.25) is 0 Å². The lowest BCUT2D eigenvalue weighted by molar-refractivity contribution is -0.136. The van der Waals surface area contributed by atoms with E-state index in [2.05, 4.69) is 9.97 Å². The van der Waals surface area contributed by atoms with E-state index in [1.807, 2.05) is 6.92 Å². The van der Waals surface area contributed by atoms with E-state index in [0.717, 1.165) is 17.1 Å². The number of halogens is 3. The Morgan fingerprint density at radius 3 is 2.25 bits per heavy atom. The van der Waals surface area contributed by atoms with Crippen LogP contribution < -0.4 is 0 Å². The molecule has 0 unspecified atom stereocenters. The molecule has 2 aromatic carbocycles. The number of hydrogen-bond donors (Lipinski definition) is 0. The average molecular weight is 276 g/mol. The molecule has 0 aliphatic carbocycles. The highest BCUT2D eigenvalue weighted by Gasteiger charge is 2.32. The molecule has 0 amide bonds. The Balaban J connectivity index is 2.50.